The van der Waals surface area contributed by atoms with E-state index in [1.54, 1.807) is 7.11 Å². The lowest BCUT2D eigenvalue weighted by Crippen LogP contribution is -2.19. The molecule has 1 aromatic heterocycles. The summed E-state index contributed by atoms with van der Waals surface area (Å²) in [6.45, 7) is 4.84. The molecule has 20 heavy (non-hydrogen) atoms. The standard InChI is InChI=1S/C15H19ClN2O2/c1-9(16)15-17-12-5-4-11(19-3)8-14(12)18(15)13-6-7-20-10(13)2/h4-5,8-10,13H,6-7H2,1-3H3. The van der Waals surface area contributed by atoms with Gasteiger partial charge in [0.1, 0.15) is 11.6 Å². The van der Waals surface area contributed by atoms with Gasteiger partial charge in [-0.25, -0.2) is 4.98 Å². The van der Waals surface area contributed by atoms with Crippen LogP contribution in [-0.4, -0.2) is 29.4 Å². The fourth-order valence-corrected chi connectivity index (χ4v) is 3.06. The predicted molar refractivity (Wildman–Crippen MR) is 79.6 cm³/mol. The second-order valence-electron chi connectivity index (χ2n) is 5.24. The van der Waals surface area contributed by atoms with Gasteiger partial charge in [0, 0.05) is 12.7 Å². The summed E-state index contributed by atoms with van der Waals surface area (Å²) >= 11 is 6.32. The summed E-state index contributed by atoms with van der Waals surface area (Å²) in [4.78, 5) is 4.69. The van der Waals surface area contributed by atoms with Gasteiger partial charge in [0.05, 0.1) is 35.7 Å². The van der Waals surface area contributed by atoms with Crippen LogP contribution in [0.5, 0.6) is 5.75 Å². The molecule has 1 aromatic carbocycles. The molecule has 0 spiro atoms. The van der Waals surface area contributed by atoms with Crippen LogP contribution in [0.4, 0.5) is 0 Å². The Balaban J connectivity index is 2.21. The van der Waals surface area contributed by atoms with E-state index >= 15 is 0 Å². The Labute approximate surface area is 123 Å². The second kappa shape index (κ2) is 5.26. The molecular formula is C15H19ClN2O2. The first-order valence-electron chi connectivity index (χ1n) is 6.93. The Morgan fingerprint density at radius 1 is 1.50 bits per heavy atom. The average molecular weight is 295 g/mol. The molecule has 1 aliphatic heterocycles. The van der Waals surface area contributed by atoms with E-state index in [1.165, 1.54) is 0 Å². The molecule has 3 rings (SSSR count). The van der Waals surface area contributed by atoms with Crippen molar-refractivity contribution < 1.29 is 9.47 Å². The van der Waals surface area contributed by atoms with Crippen molar-refractivity contribution in [3.05, 3.63) is 24.0 Å². The number of alkyl halides is 1. The summed E-state index contributed by atoms with van der Waals surface area (Å²) in [6.07, 6.45) is 1.16. The SMILES string of the molecule is COc1ccc2nc(C(C)Cl)n(C3CCOC3C)c2c1. The molecule has 0 radical (unpaired) electrons. The zero-order chi connectivity index (χ0) is 14.3. The summed E-state index contributed by atoms with van der Waals surface area (Å²) in [5.74, 6) is 1.73. The van der Waals surface area contributed by atoms with E-state index in [2.05, 4.69) is 16.5 Å². The van der Waals surface area contributed by atoms with Gasteiger partial charge in [-0.1, -0.05) is 0 Å². The van der Waals surface area contributed by atoms with Crippen LogP contribution >= 0.6 is 11.6 Å². The van der Waals surface area contributed by atoms with Crippen LogP contribution in [0.2, 0.25) is 0 Å². The minimum Gasteiger partial charge on any atom is -0.497 e. The second-order valence-corrected chi connectivity index (χ2v) is 5.90. The number of fused-ring (bicyclic) bond motifs is 1. The van der Waals surface area contributed by atoms with Crippen LogP contribution in [0, 0.1) is 0 Å². The zero-order valence-corrected chi connectivity index (χ0v) is 12.7. The van der Waals surface area contributed by atoms with Crippen molar-refractivity contribution in [3.63, 3.8) is 0 Å². The van der Waals surface area contributed by atoms with Crippen LogP contribution < -0.4 is 4.74 Å². The molecule has 3 unspecified atom stereocenters. The Bertz CT molecular complexity index is 624. The minimum absolute atomic E-state index is 0.138. The molecule has 0 N–H and O–H groups in total. The van der Waals surface area contributed by atoms with Crippen LogP contribution in [0.25, 0.3) is 11.0 Å². The number of halogens is 1. The molecule has 2 heterocycles. The lowest BCUT2D eigenvalue weighted by molar-refractivity contribution is 0.108. The molecule has 5 heteroatoms. The van der Waals surface area contributed by atoms with Crippen molar-refractivity contribution >= 4 is 22.6 Å². The maximum atomic E-state index is 6.32. The van der Waals surface area contributed by atoms with E-state index in [9.17, 15) is 0 Å². The van der Waals surface area contributed by atoms with E-state index < -0.39 is 0 Å². The first-order chi connectivity index (χ1) is 9.61. The van der Waals surface area contributed by atoms with Gasteiger partial charge in [-0.3, -0.25) is 0 Å². The molecule has 108 valence electrons. The van der Waals surface area contributed by atoms with E-state index in [0.29, 0.717) is 0 Å². The summed E-state index contributed by atoms with van der Waals surface area (Å²) in [5, 5.41) is -0.138. The number of rotatable bonds is 3. The largest absolute Gasteiger partial charge is 0.497 e. The fourth-order valence-electron chi connectivity index (χ4n) is 2.91. The third-order valence-corrected chi connectivity index (χ3v) is 4.14. The Hall–Kier alpha value is -1.26. The normalized spacial score (nSPS) is 24.2. The lowest BCUT2D eigenvalue weighted by atomic mass is 10.1. The third-order valence-electron chi connectivity index (χ3n) is 3.95. The monoisotopic (exact) mass is 294 g/mol. The summed E-state index contributed by atoms with van der Waals surface area (Å²) in [6, 6.07) is 6.21. The maximum absolute atomic E-state index is 6.32. The molecule has 1 saturated heterocycles. The number of nitrogens with zero attached hydrogens (tertiary/aromatic N) is 2. The summed E-state index contributed by atoms with van der Waals surface area (Å²) < 4.78 is 13.3. The molecule has 0 bridgehead atoms. The van der Waals surface area contributed by atoms with Crippen molar-refractivity contribution in [1.82, 2.24) is 9.55 Å². The van der Waals surface area contributed by atoms with Crippen LogP contribution in [-0.2, 0) is 4.74 Å². The van der Waals surface area contributed by atoms with Crippen LogP contribution in [0.15, 0.2) is 18.2 Å². The first-order valence-corrected chi connectivity index (χ1v) is 7.37. The van der Waals surface area contributed by atoms with E-state index in [-0.39, 0.29) is 17.5 Å². The van der Waals surface area contributed by atoms with Gasteiger partial charge in [0.25, 0.3) is 0 Å². The molecule has 1 aliphatic rings. The molecular weight excluding hydrogens is 276 g/mol. The average Bonchev–Trinajstić information content (AvgIpc) is 3.00. The summed E-state index contributed by atoms with van der Waals surface area (Å²) in [5.41, 5.74) is 2.02. The number of benzene rings is 1. The van der Waals surface area contributed by atoms with Gasteiger partial charge in [-0.05, 0) is 32.4 Å². The lowest BCUT2D eigenvalue weighted by Gasteiger charge is -2.20. The number of hydrogen-bond acceptors (Lipinski definition) is 3. The molecule has 2 aromatic rings. The Morgan fingerprint density at radius 3 is 2.90 bits per heavy atom. The van der Waals surface area contributed by atoms with Gasteiger partial charge in [-0.15, -0.1) is 11.6 Å². The molecule has 0 saturated carbocycles. The number of aromatic nitrogens is 2. The molecule has 4 nitrogen and oxygen atoms in total. The first kappa shape index (κ1) is 13.7. The minimum atomic E-state index is -0.138. The highest BCUT2D eigenvalue weighted by Gasteiger charge is 2.30. The van der Waals surface area contributed by atoms with Gasteiger partial charge < -0.3 is 14.0 Å². The van der Waals surface area contributed by atoms with Gasteiger partial charge in [0.15, 0.2) is 0 Å². The number of imidazole rings is 1. The van der Waals surface area contributed by atoms with Gasteiger partial charge in [-0.2, -0.15) is 0 Å². The van der Waals surface area contributed by atoms with Crippen molar-refractivity contribution in [2.75, 3.05) is 13.7 Å². The highest BCUT2D eigenvalue weighted by atomic mass is 35.5. The smallest absolute Gasteiger partial charge is 0.128 e. The van der Waals surface area contributed by atoms with E-state index in [0.717, 1.165) is 35.6 Å². The topological polar surface area (TPSA) is 36.3 Å². The fraction of sp³-hybridized carbons (Fsp3) is 0.533. The Kier molecular flexibility index (Phi) is 3.61. The van der Waals surface area contributed by atoms with Crippen molar-refractivity contribution in [2.45, 2.75) is 37.8 Å². The molecule has 0 aliphatic carbocycles. The van der Waals surface area contributed by atoms with Crippen molar-refractivity contribution in [3.8, 4) is 5.75 Å². The molecule has 0 amide bonds. The molecule has 1 fully saturated rings. The quantitative estimate of drug-likeness (QED) is 0.810. The number of hydrogen-bond donors (Lipinski definition) is 0. The van der Waals surface area contributed by atoms with E-state index in [4.69, 9.17) is 21.1 Å². The number of methoxy groups -OCH3 is 1. The highest BCUT2D eigenvalue weighted by molar-refractivity contribution is 6.20. The van der Waals surface area contributed by atoms with Crippen molar-refractivity contribution in [1.29, 1.82) is 0 Å². The molecule has 3 atom stereocenters. The van der Waals surface area contributed by atoms with Gasteiger partial charge >= 0.3 is 0 Å². The third kappa shape index (κ3) is 2.17. The summed E-state index contributed by atoms with van der Waals surface area (Å²) in [7, 11) is 1.67. The maximum Gasteiger partial charge on any atom is 0.128 e. The highest BCUT2D eigenvalue weighted by Crippen LogP contribution is 2.35. The van der Waals surface area contributed by atoms with Gasteiger partial charge in [0.2, 0.25) is 0 Å². The predicted octanol–water partition coefficient (Wildman–Crippen LogP) is 3.69. The van der Waals surface area contributed by atoms with Crippen LogP contribution in [0.1, 0.15) is 37.5 Å². The van der Waals surface area contributed by atoms with E-state index in [1.807, 2.05) is 25.1 Å². The zero-order valence-electron chi connectivity index (χ0n) is 12.0. The van der Waals surface area contributed by atoms with Crippen molar-refractivity contribution in [2.24, 2.45) is 0 Å². The number of ether oxygens (including phenoxy) is 2. The Morgan fingerprint density at radius 2 is 2.30 bits per heavy atom. The van der Waals surface area contributed by atoms with Crippen LogP contribution in [0.3, 0.4) is 0 Å².